The average Bonchev–Trinajstić information content (AvgIpc) is 2.37. The largest absolute Gasteiger partial charge is 0.489 e. The van der Waals surface area contributed by atoms with Crippen LogP contribution in [0.25, 0.3) is 0 Å². The Balaban J connectivity index is 2.29. The summed E-state index contributed by atoms with van der Waals surface area (Å²) in [5.74, 6) is 0.201. The quantitative estimate of drug-likeness (QED) is 0.738. The summed E-state index contributed by atoms with van der Waals surface area (Å²) in [6, 6.07) is 0. The van der Waals surface area contributed by atoms with Crippen molar-refractivity contribution in [3.63, 3.8) is 0 Å². The lowest BCUT2D eigenvalue weighted by Gasteiger charge is -2.35. The number of hydrogen-bond donors (Lipinski definition) is 2. The van der Waals surface area contributed by atoms with E-state index in [2.05, 4.69) is 0 Å². The molecule has 0 radical (unpaired) electrons. The molecule has 0 fully saturated rings. The van der Waals surface area contributed by atoms with E-state index in [1.54, 1.807) is 12.2 Å². The molecule has 4 heteroatoms. The third kappa shape index (κ3) is 2.55. The highest BCUT2D eigenvalue weighted by Gasteiger charge is 2.45. The third-order valence-electron chi connectivity index (χ3n) is 3.45. The molecule has 2 aliphatic rings. The summed E-state index contributed by atoms with van der Waals surface area (Å²) in [4.78, 5) is 12.1. The van der Waals surface area contributed by atoms with Crippen LogP contribution in [0.2, 0.25) is 0 Å². The van der Waals surface area contributed by atoms with Gasteiger partial charge in [-0.15, -0.1) is 0 Å². The second-order valence-corrected chi connectivity index (χ2v) is 4.92. The summed E-state index contributed by atoms with van der Waals surface area (Å²) in [5.41, 5.74) is -0.511. The summed E-state index contributed by atoms with van der Waals surface area (Å²) in [7, 11) is 0. The van der Waals surface area contributed by atoms with Gasteiger partial charge in [-0.1, -0.05) is 18.2 Å². The van der Waals surface area contributed by atoms with Gasteiger partial charge in [0.2, 0.25) is 0 Å². The number of allylic oxidation sites excluding steroid dienone is 5. The van der Waals surface area contributed by atoms with E-state index in [0.717, 1.165) is 5.57 Å². The van der Waals surface area contributed by atoms with Crippen LogP contribution >= 0.6 is 0 Å². The van der Waals surface area contributed by atoms with Crippen LogP contribution in [0.15, 0.2) is 47.3 Å². The first-order valence-electron chi connectivity index (χ1n) is 6.28. The number of ketones is 1. The number of Topliss-reactive ketones (excluding diaryl/α,β-unsaturated/α-hetero) is 1. The van der Waals surface area contributed by atoms with Gasteiger partial charge < -0.3 is 14.9 Å². The molecule has 0 saturated heterocycles. The summed E-state index contributed by atoms with van der Waals surface area (Å²) < 4.78 is 5.46. The zero-order chi connectivity index (χ0) is 14.0. The second kappa shape index (κ2) is 5.15. The summed E-state index contributed by atoms with van der Waals surface area (Å²) in [5, 5.41) is 19.8. The van der Waals surface area contributed by atoms with Crippen molar-refractivity contribution in [2.45, 2.75) is 32.0 Å². The van der Waals surface area contributed by atoms with Crippen LogP contribution in [-0.2, 0) is 9.53 Å². The van der Waals surface area contributed by atoms with Crippen molar-refractivity contribution < 1.29 is 19.7 Å². The van der Waals surface area contributed by atoms with Gasteiger partial charge >= 0.3 is 0 Å². The fraction of sp³-hybridized carbons (Fsp3) is 0.400. The minimum Gasteiger partial charge on any atom is -0.489 e. The molecule has 0 spiro atoms. The van der Waals surface area contributed by atoms with Crippen molar-refractivity contribution >= 4 is 5.78 Å². The lowest BCUT2D eigenvalue weighted by molar-refractivity contribution is -0.145. The first-order chi connectivity index (χ1) is 8.96. The van der Waals surface area contributed by atoms with Gasteiger partial charge in [-0.3, -0.25) is 4.79 Å². The SMILES string of the molecule is CC=CC=CC1=CC2=C(CO1)C(=O)C(C)(O)C(O)C2. The van der Waals surface area contributed by atoms with Crippen molar-refractivity contribution in [2.75, 3.05) is 6.61 Å². The minimum atomic E-state index is -1.71. The van der Waals surface area contributed by atoms with Gasteiger partial charge in [0.1, 0.15) is 12.4 Å². The van der Waals surface area contributed by atoms with Crippen molar-refractivity contribution in [1.82, 2.24) is 0 Å². The Hall–Kier alpha value is -1.65. The van der Waals surface area contributed by atoms with E-state index in [0.29, 0.717) is 11.3 Å². The fourth-order valence-corrected chi connectivity index (χ4v) is 2.16. The monoisotopic (exact) mass is 262 g/mol. The molecule has 0 aromatic heterocycles. The zero-order valence-electron chi connectivity index (χ0n) is 11.1. The number of rotatable bonds is 2. The number of aliphatic hydroxyl groups excluding tert-OH is 1. The second-order valence-electron chi connectivity index (χ2n) is 4.92. The summed E-state index contributed by atoms with van der Waals surface area (Å²) in [6.07, 6.45) is 8.35. The topological polar surface area (TPSA) is 66.8 Å². The zero-order valence-corrected chi connectivity index (χ0v) is 11.1. The number of carbonyl (C=O) groups excluding carboxylic acids is 1. The molecular weight excluding hydrogens is 244 g/mol. The molecule has 4 nitrogen and oxygen atoms in total. The third-order valence-corrected chi connectivity index (χ3v) is 3.45. The maximum Gasteiger partial charge on any atom is 0.196 e. The smallest absolute Gasteiger partial charge is 0.196 e. The minimum absolute atomic E-state index is 0.142. The van der Waals surface area contributed by atoms with Gasteiger partial charge in [-0.05, 0) is 31.6 Å². The first kappa shape index (κ1) is 13.8. The maximum atomic E-state index is 12.1. The standard InChI is InChI=1S/C15H18O4/c1-3-4-5-6-11-7-10-8-13(16)15(2,18)14(17)12(10)9-19-11/h3-7,13,16,18H,8-9H2,1-2H3. The van der Waals surface area contributed by atoms with E-state index >= 15 is 0 Å². The van der Waals surface area contributed by atoms with Crippen LogP contribution in [0.5, 0.6) is 0 Å². The predicted octanol–water partition coefficient (Wildman–Crippen LogP) is 1.41. The molecule has 1 heterocycles. The molecular formula is C15H18O4. The summed E-state index contributed by atoms with van der Waals surface area (Å²) in [6.45, 7) is 3.40. The maximum absolute atomic E-state index is 12.1. The Kier molecular flexibility index (Phi) is 3.73. The van der Waals surface area contributed by atoms with Crippen LogP contribution in [-0.4, -0.2) is 34.3 Å². The van der Waals surface area contributed by atoms with Crippen LogP contribution in [0, 0.1) is 0 Å². The Morgan fingerprint density at radius 3 is 2.89 bits per heavy atom. The van der Waals surface area contributed by atoms with Crippen molar-refractivity contribution in [3.05, 3.63) is 47.3 Å². The number of ether oxygens (including phenoxy) is 1. The lowest BCUT2D eigenvalue weighted by atomic mass is 9.77. The van der Waals surface area contributed by atoms with Gasteiger partial charge in [0.05, 0.1) is 6.10 Å². The Morgan fingerprint density at radius 2 is 2.21 bits per heavy atom. The Morgan fingerprint density at radius 1 is 1.47 bits per heavy atom. The van der Waals surface area contributed by atoms with E-state index in [1.807, 2.05) is 25.2 Å². The number of aliphatic hydroxyl groups is 2. The van der Waals surface area contributed by atoms with Gasteiger partial charge in [-0.2, -0.15) is 0 Å². The van der Waals surface area contributed by atoms with E-state index < -0.39 is 17.5 Å². The van der Waals surface area contributed by atoms with Crippen molar-refractivity contribution in [2.24, 2.45) is 0 Å². The van der Waals surface area contributed by atoms with E-state index in [9.17, 15) is 15.0 Å². The van der Waals surface area contributed by atoms with Crippen LogP contribution in [0.3, 0.4) is 0 Å². The first-order valence-corrected chi connectivity index (χ1v) is 6.28. The Bertz CT molecular complexity index is 506. The van der Waals surface area contributed by atoms with Crippen LogP contribution in [0.4, 0.5) is 0 Å². The highest BCUT2D eigenvalue weighted by Crippen LogP contribution is 2.34. The fourth-order valence-electron chi connectivity index (χ4n) is 2.16. The van der Waals surface area contributed by atoms with Gasteiger partial charge in [-0.25, -0.2) is 0 Å². The molecule has 2 atom stereocenters. The Labute approximate surface area is 112 Å². The van der Waals surface area contributed by atoms with Crippen molar-refractivity contribution in [3.8, 4) is 0 Å². The van der Waals surface area contributed by atoms with Crippen LogP contribution in [0.1, 0.15) is 20.3 Å². The molecule has 102 valence electrons. The molecule has 2 rings (SSSR count). The van der Waals surface area contributed by atoms with E-state index in [-0.39, 0.29) is 13.0 Å². The molecule has 0 bridgehead atoms. The van der Waals surface area contributed by atoms with Crippen molar-refractivity contribution in [1.29, 1.82) is 0 Å². The molecule has 2 unspecified atom stereocenters. The molecule has 1 aliphatic heterocycles. The molecule has 0 saturated carbocycles. The highest BCUT2D eigenvalue weighted by molar-refractivity contribution is 6.04. The van der Waals surface area contributed by atoms with E-state index in [1.165, 1.54) is 6.92 Å². The van der Waals surface area contributed by atoms with Gasteiger partial charge in [0.15, 0.2) is 11.4 Å². The molecule has 19 heavy (non-hydrogen) atoms. The predicted molar refractivity (Wildman–Crippen MR) is 71.3 cm³/mol. The molecule has 0 amide bonds. The van der Waals surface area contributed by atoms with Gasteiger partial charge in [0, 0.05) is 12.0 Å². The van der Waals surface area contributed by atoms with Gasteiger partial charge in [0.25, 0.3) is 0 Å². The highest BCUT2D eigenvalue weighted by atomic mass is 16.5. The molecule has 0 aromatic carbocycles. The average molecular weight is 262 g/mol. The molecule has 1 aliphatic carbocycles. The summed E-state index contributed by atoms with van der Waals surface area (Å²) >= 11 is 0. The number of hydrogen-bond acceptors (Lipinski definition) is 4. The normalized spacial score (nSPS) is 31.7. The lowest BCUT2D eigenvalue weighted by Crippen LogP contribution is -2.51. The van der Waals surface area contributed by atoms with Crippen LogP contribution < -0.4 is 0 Å². The molecule has 2 N–H and O–H groups in total. The number of carbonyl (C=O) groups is 1. The van der Waals surface area contributed by atoms with E-state index in [4.69, 9.17) is 4.74 Å². The molecule has 0 aromatic rings.